The summed E-state index contributed by atoms with van der Waals surface area (Å²) in [4.78, 5) is 16.2. The first-order valence-corrected chi connectivity index (χ1v) is 8.05. The Kier molecular flexibility index (Phi) is 8.83. The summed E-state index contributed by atoms with van der Waals surface area (Å²) in [5.74, 6) is 1.60. The highest BCUT2D eigenvalue weighted by Crippen LogP contribution is 2.25. The van der Waals surface area contributed by atoms with Crippen molar-refractivity contribution in [3.8, 4) is 0 Å². The summed E-state index contributed by atoms with van der Waals surface area (Å²) in [6.07, 6.45) is 7.04. The van der Waals surface area contributed by atoms with Gasteiger partial charge in [0.05, 0.1) is 6.54 Å². The molecule has 0 aromatic heterocycles. The van der Waals surface area contributed by atoms with Crippen LogP contribution in [0.3, 0.4) is 0 Å². The summed E-state index contributed by atoms with van der Waals surface area (Å²) >= 11 is 0. The van der Waals surface area contributed by atoms with Crippen molar-refractivity contribution in [1.29, 1.82) is 0 Å². The van der Waals surface area contributed by atoms with Gasteiger partial charge in [-0.25, -0.2) is 0 Å². The SMILES string of the molecule is CCNC(=NCCNC(=O)CC1CCCCC1)NCC. The van der Waals surface area contributed by atoms with Crippen molar-refractivity contribution in [2.24, 2.45) is 10.9 Å². The van der Waals surface area contributed by atoms with Crippen molar-refractivity contribution in [2.75, 3.05) is 26.2 Å². The van der Waals surface area contributed by atoms with E-state index < -0.39 is 0 Å². The maximum Gasteiger partial charge on any atom is 0.220 e. The average Bonchev–Trinajstić information content (AvgIpc) is 2.45. The van der Waals surface area contributed by atoms with Crippen LogP contribution in [-0.4, -0.2) is 38.0 Å². The molecule has 1 aliphatic carbocycles. The molecule has 116 valence electrons. The van der Waals surface area contributed by atoms with E-state index in [1.807, 2.05) is 13.8 Å². The number of hydrogen-bond acceptors (Lipinski definition) is 2. The van der Waals surface area contributed by atoms with Crippen LogP contribution in [0.4, 0.5) is 0 Å². The quantitative estimate of drug-likeness (QED) is 0.378. The highest BCUT2D eigenvalue weighted by Gasteiger charge is 2.16. The first-order chi connectivity index (χ1) is 9.76. The van der Waals surface area contributed by atoms with E-state index in [2.05, 4.69) is 20.9 Å². The van der Waals surface area contributed by atoms with Crippen molar-refractivity contribution in [3.05, 3.63) is 0 Å². The van der Waals surface area contributed by atoms with Gasteiger partial charge in [0.1, 0.15) is 0 Å². The van der Waals surface area contributed by atoms with E-state index >= 15 is 0 Å². The zero-order valence-corrected chi connectivity index (χ0v) is 13.0. The van der Waals surface area contributed by atoms with Crippen LogP contribution in [0.25, 0.3) is 0 Å². The lowest BCUT2D eigenvalue weighted by molar-refractivity contribution is -0.122. The Labute approximate surface area is 123 Å². The van der Waals surface area contributed by atoms with Gasteiger partial charge in [0.2, 0.25) is 5.91 Å². The molecule has 3 N–H and O–H groups in total. The molecule has 1 fully saturated rings. The van der Waals surface area contributed by atoms with Crippen molar-refractivity contribution in [3.63, 3.8) is 0 Å². The minimum absolute atomic E-state index is 0.181. The number of amides is 1. The standard InChI is InChI=1S/C15H30N4O/c1-3-16-15(17-4-2)19-11-10-18-14(20)12-13-8-6-5-7-9-13/h13H,3-12H2,1-2H3,(H,18,20)(H2,16,17,19). The fraction of sp³-hybridized carbons (Fsp3) is 0.867. The molecule has 0 radical (unpaired) electrons. The second kappa shape index (κ2) is 10.5. The molecule has 0 saturated heterocycles. The van der Waals surface area contributed by atoms with Crippen LogP contribution in [0.15, 0.2) is 4.99 Å². The van der Waals surface area contributed by atoms with Gasteiger partial charge >= 0.3 is 0 Å². The van der Waals surface area contributed by atoms with Crippen molar-refractivity contribution < 1.29 is 4.79 Å². The number of nitrogens with zero attached hydrogens (tertiary/aromatic N) is 1. The van der Waals surface area contributed by atoms with E-state index in [1.165, 1.54) is 32.1 Å². The third-order valence-electron chi connectivity index (χ3n) is 3.59. The molecule has 0 atom stereocenters. The molecule has 0 heterocycles. The molecule has 0 aromatic rings. The average molecular weight is 282 g/mol. The van der Waals surface area contributed by atoms with Crippen molar-refractivity contribution in [1.82, 2.24) is 16.0 Å². The van der Waals surface area contributed by atoms with Crippen LogP contribution in [0.5, 0.6) is 0 Å². The molecule has 20 heavy (non-hydrogen) atoms. The topological polar surface area (TPSA) is 65.5 Å². The second-order valence-corrected chi connectivity index (χ2v) is 5.35. The Morgan fingerprint density at radius 2 is 1.70 bits per heavy atom. The molecule has 1 aliphatic rings. The number of carbonyl (C=O) groups is 1. The lowest BCUT2D eigenvalue weighted by atomic mass is 9.87. The minimum Gasteiger partial charge on any atom is -0.357 e. The van der Waals surface area contributed by atoms with E-state index in [4.69, 9.17) is 0 Å². The number of nitrogens with one attached hydrogen (secondary N) is 3. The van der Waals surface area contributed by atoms with E-state index in [0.29, 0.717) is 25.4 Å². The molecule has 0 aliphatic heterocycles. The van der Waals surface area contributed by atoms with Gasteiger partial charge in [0, 0.05) is 26.1 Å². The fourth-order valence-corrected chi connectivity index (χ4v) is 2.60. The zero-order chi connectivity index (χ0) is 14.6. The summed E-state index contributed by atoms with van der Waals surface area (Å²) in [5.41, 5.74) is 0. The van der Waals surface area contributed by atoms with Crippen molar-refractivity contribution in [2.45, 2.75) is 52.4 Å². The predicted octanol–water partition coefficient (Wildman–Crippen LogP) is 1.65. The molecular formula is C15H30N4O. The molecule has 1 rings (SSSR count). The highest BCUT2D eigenvalue weighted by atomic mass is 16.1. The number of guanidine groups is 1. The number of hydrogen-bond donors (Lipinski definition) is 3. The second-order valence-electron chi connectivity index (χ2n) is 5.35. The Morgan fingerprint density at radius 3 is 2.30 bits per heavy atom. The monoisotopic (exact) mass is 282 g/mol. The molecule has 0 bridgehead atoms. The number of carbonyl (C=O) groups excluding carboxylic acids is 1. The van der Waals surface area contributed by atoms with Gasteiger partial charge in [-0.2, -0.15) is 0 Å². The molecule has 1 amide bonds. The smallest absolute Gasteiger partial charge is 0.220 e. The maximum atomic E-state index is 11.8. The number of rotatable bonds is 7. The maximum absolute atomic E-state index is 11.8. The normalized spacial score (nSPS) is 15.5. The largest absolute Gasteiger partial charge is 0.357 e. The first kappa shape index (κ1) is 16.8. The molecule has 0 unspecified atom stereocenters. The molecule has 5 nitrogen and oxygen atoms in total. The minimum atomic E-state index is 0.181. The van der Waals surface area contributed by atoms with Crippen LogP contribution in [0, 0.1) is 5.92 Å². The Balaban J connectivity index is 2.15. The van der Waals surface area contributed by atoms with Gasteiger partial charge in [-0.3, -0.25) is 9.79 Å². The van der Waals surface area contributed by atoms with Gasteiger partial charge < -0.3 is 16.0 Å². The molecule has 5 heteroatoms. The van der Waals surface area contributed by atoms with E-state index in [1.54, 1.807) is 0 Å². The molecule has 1 saturated carbocycles. The first-order valence-electron chi connectivity index (χ1n) is 8.05. The van der Waals surface area contributed by atoms with Gasteiger partial charge in [-0.05, 0) is 32.6 Å². The third-order valence-corrected chi connectivity index (χ3v) is 3.59. The van der Waals surface area contributed by atoms with Crippen LogP contribution < -0.4 is 16.0 Å². The summed E-state index contributed by atoms with van der Waals surface area (Å²) < 4.78 is 0. The summed E-state index contributed by atoms with van der Waals surface area (Å²) in [7, 11) is 0. The van der Waals surface area contributed by atoms with Crippen LogP contribution >= 0.6 is 0 Å². The fourth-order valence-electron chi connectivity index (χ4n) is 2.60. The molecule has 0 aromatic carbocycles. The van der Waals surface area contributed by atoms with Crippen LogP contribution in [-0.2, 0) is 4.79 Å². The van der Waals surface area contributed by atoms with Crippen LogP contribution in [0.2, 0.25) is 0 Å². The Hall–Kier alpha value is -1.26. The van der Waals surface area contributed by atoms with Gasteiger partial charge in [0.15, 0.2) is 5.96 Å². The van der Waals surface area contributed by atoms with Gasteiger partial charge in [-0.1, -0.05) is 19.3 Å². The third kappa shape index (κ3) is 7.36. The Bertz CT molecular complexity index is 290. The van der Waals surface area contributed by atoms with E-state index in [9.17, 15) is 4.79 Å². The number of aliphatic imine (C=N–C) groups is 1. The van der Waals surface area contributed by atoms with E-state index in [-0.39, 0.29) is 5.91 Å². The molecular weight excluding hydrogens is 252 g/mol. The van der Waals surface area contributed by atoms with Gasteiger partial charge in [-0.15, -0.1) is 0 Å². The van der Waals surface area contributed by atoms with Crippen molar-refractivity contribution >= 4 is 11.9 Å². The summed E-state index contributed by atoms with van der Waals surface area (Å²) in [6.45, 7) is 7.01. The lowest BCUT2D eigenvalue weighted by Crippen LogP contribution is -2.38. The highest BCUT2D eigenvalue weighted by molar-refractivity contribution is 5.79. The van der Waals surface area contributed by atoms with Gasteiger partial charge in [0.25, 0.3) is 0 Å². The predicted molar refractivity (Wildman–Crippen MR) is 83.9 cm³/mol. The summed E-state index contributed by atoms with van der Waals surface area (Å²) in [5, 5.41) is 9.30. The zero-order valence-electron chi connectivity index (χ0n) is 13.0. The lowest BCUT2D eigenvalue weighted by Gasteiger charge is -2.20. The van der Waals surface area contributed by atoms with Crippen LogP contribution in [0.1, 0.15) is 52.4 Å². The summed E-state index contributed by atoms with van der Waals surface area (Å²) in [6, 6.07) is 0. The molecule has 0 spiro atoms. The van der Waals surface area contributed by atoms with E-state index in [0.717, 1.165) is 19.0 Å². The Morgan fingerprint density at radius 1 is 1.05 bits per heavy atom.